The molecule has 1 aromatic heterocycles. The average molecular weight is 381 g/mol. The van der Waals surface area contributed by atoms with Gasteiger partial charge in [-0.1, -0.05) is 23.7 Å². The first-order valence-corrected chi connectivity index (χ1v) is 9.86. The fourth-order valence-corrected chi connectivity index (χ4v) is 4.10. The zero-order chi connectivity index (χ0) is 18.2. The minimum Gasteiger partial charge on any atom is -0.493 e. The number of hydrogen-bond donors (Lipinski definition) is 1. The van der Waals surface area contributed by atoms with Gasteiger partial charge < -0.3 is 15.0 Å². The molecule has 1 unspecified atom stereocenters. The molecule has 2 aliphatic rings. The molecule has 0 aliphatic carbocycles. The number of aromatic nitrogens is 2. The van der Waals surface area contributed by atoms with Crippen LogP contribution in [-0.4, -0.2) is 29.7 Å². The lowest BCUT2D eigenvalue weighted by molar-refractivity contribution is 0.274. The van der Waals surface area contributed by atoms with E-state index < -0.39 is 0 Å². The van der Waals surface area contributed by atoms with E-state index in [1.165, 1.54) is 12.8 Å². The number of hydrogen-bond acceptors (Lipinski definition) is 5. The van der Waals surface area contributed by atoms with E-state index in [9.17, 15) is 0 Å². The lowest BCUT2D eigenvalue weighted by Gasteiger charge is -2.29. The lowest BCUT2D eigenvalue weighted by Crippen LogP contribution is -2.25. The van der Waals surface area contributed by atoms with Crippen molar-refractivity contribution in [1.29, 1.82) is 0 Å². The third-order valence-corrected chi connectivity index (χ3v) is 5.52. The normalized spacial score (nSPS) is 19.0. The van der Waals surface area contributed by atoms with Crippen LogP contribution >= 0.6 is 11.6 Å². The van der Waals surface area contributed by atoms with Crippen LogP contribution < -0.4 is 15.0 Å². The van der Waals surface area contributed by atoms with Gasteiger partial charge in [0.2, 0.25) is 0 Å². The van der Waals surface area contributed by atoms with Crippen LogP contribution in [0.5, 0.6) is 5.75 Å². The minimum absolute atomic E-state index is 0.101. The first kappa shape index (κ1) is 16.6. The molecule has 2 aromatic carbocycles. The van der Waals surface area contributed by atoms with Crippen molar-refractivity contribution in [3.8, 4) is 5.75 Å². The van der Waals surface area contributed by atoms with E-state index in [0.717, 1.165) is 58.5 Å². The second-order valence-corrected chi connectivity index (χ2v) is 7.53. The number of fused-ring (bicyclic) bond motifs is 2. The zero-order valence-corrected chi connectivity index (χ0v) is 15.7. The Hall–Kier alpha value is -2.53. The van der Waals surface area contributed by atoms with Crippen LogP contribution in [0.2, 0.25) is 5.02 Å². The molecule has 1 fully saturated rings. The van der Waals surface area contributed by atoms with Crippen molar-refractivity contribution in [2.45, 2.75) is 25.3 Å². The van der Waals surface area contributed by atoms with Crippen LogP contribution in [0.4, 0.5) is 11.6 Å². The van der Waals surface area contributed by atoms with Crippen LogP contribution in [0.25, 0.3) is 11.0 Å². The molecule has 1 N–H and O–H groups in total. The van der Waals surface area contributed by atoms with Gasteiger partial charge in [0, 0.05) is 30.1 Å². The predicted molar refractivity (Wildman–Crippen MR) is 109 cm³/mol. The van der Waals surface area contributed by atoms with Gasteiger partial charge in [-0.2, -0.15) is 0 Å². The number of rotatable bonds is 3. The average Bonchev–Trinajstić information content (AvgIpc) is 3.22. The predicted octanol–water partition coefficient (Wildman–Crippen LogP) is 4.82. The highest BCUT2D eigenvalue weighted by molar-refractivity contribution is 6.30. The Balaban J connectivity index is 1.57. The molecule has 0 bridgehead atoms. The topological polar surface area (TPSA) is 50.3 Å². The Kier molecular flexibility index (Phi) is 4.24. The summed E-state index contributed by atoms with van der Waals surface area (Å²) in [5, 5.41) is 4.37. The molecule has 3 aromatic rings. The fraction of sp³-hybridized carbons (Fsp3) is 0.333. The number of nitrogens with zero attached hydrogens (tertiary/aromatic N) is 3. The van der Waals surface area contributed by atoms with Gasteiger partial charge >= 0.3 is 0 Å². The van der Waals surface area contributed by atoms with Gasteiger partial charge in [-0.25, -0.2) is 9.97 Å². The quantitative estimate of drug-likeness (QED) is 0.706. The van der Waals surface area contributed by atoms with Crippen molar-refractivity contribution in [2.24, 2.45) is 0 Å². The highest BCUT2D eigenvalue weighted by atomic mass is 35.5. The smallest absolute Gasteiger partial charge is 0.172 e. The SMILES string of the molecule is Clc1ccc2c(c1)C(Nc1nc3ccccc3nc1N1CCCC1)CCO2. The summed E-state index contributed by atoms with van der Waals surface area (Å²) < 4.78 is 5.80. The summed E-state index contributed by atoms with van der Waals surface area (Å²) in [6, 6.07) is 13.9. The van der Waals surface area contributed by atoms with Crippen LogP contribution in [-0.2, 0) is 0 Å². The molecule has 3 heterocycles. The van der Waals surface area contributed by atoms with Crippen molar-refractivity contribution in [2.75, 3.05) is 29.9 Å². The highest BCUT2D eigenvalue weighted by Gasteiger charge is 2.26. The fourth-order valence-electron chi connectivity index (χ4n) is 3.92. The maximum absolute atomic E-state index is 6.24. The number of para-hydroxylation sites is 2. The van der Waals surface area contributed by atoms with Crippen LogP contribution in [0, 0.1) is 0 Å². The minimum atomic E-state index is 0.101. The van der Waals surface area contributed by atoms with E-state index >= 15 is 0 Å². The summed E-state index contributed by atoms with van der Waals surface area (Å²) in [5.74, 6) is 2.68. The van der Waals surface area contributed by atoms with Gasteiger partial charge in [-0.3, -0.25) is 0 Å². The number of halogens is 1. The first-order chi connectivity index (χ1) is 13.3. The zero-order valence-electron chi connectivity index (χ0n) is 15.0. The van der Waals surface area contributed by atoms with Gasteiger partial charge in [0.1, 0.15) is 5.75 Å². The molecule has 1 atom stereocenters. The Morgan fingerprint density at radius 3 is 2.63 bits per heavy atom. The third-order valence-electron chi connectivity index (χ3n) is 5.28. The molecule has 0 amide bonds. The molecule has 0 spiro atoms. The number of ether oxygens (including phenoxy) is 1. The Bertz CT molecular complexity index is 987. The Morgan fingerprint density at radius 1 is 1.04 bits per heavy atom. The molecule has 0 radical (unpaired) electrons. The monoisotopic (exact) mass is 380 g/mol. The van der Waals surface area contributed by atoms with E-state index in [1.54, 1.807) is 0 Å². The molecule has 138 valence electrons. The second-order valence-electron chi connectivity index (χ2n) is 7.09. The van der Waals surface area contributed by atoms with Crippen LogP contribution in [0.3, 0.4) is 0 Å². The molecule has 27 heavy (non-hydrogen) atoms. The molecular formula is C21H21ClN4O. The molecule has 2 aliphatic heterocycles. The van der Waals surface area contributed by atoms with Gasteiger partial charge in [-0.05, 0) is 43.2 Å². The van der Waals surface area contributed by atoms with Crippen LogP contribution in [0.15, 0.2) is 42.5 Å². The second kappa shape index (κ2) is 6.89. The van der Waals surface area contributed by atoms with E-state index in [2.05, 4.69) is 10.2 Å². The van der Waals surface area contributed by atoms with E-state index in [1.807, 2.05) is 42.5 Å². The number of anilines is 2. The lowest BCUT2D eigenvalue weighted by atomic mass is 10.0. The van der Waals surface area contributed by atoms with Crippen molar-refractivity contribution in [3.63, 3.8) is 0 Å². The molecule has 1 saturated heterocycles. The number of nitrogens with one attached hydrogen (secondary N) is 1. The van der Waals surface area contributed by atoms with Crippen LogP contribution in [0.1, 0.15) is 30.9 Å². The Labute approximate surface area is 163 Å². The summed E-state index contributed by atoms with van der Waals surface area (Å²) in [5.41, 5.74) is 2.91. The summed E-state index contributed by atoms with van der Waals surface area (Å²) in [6.07, 6.45) is 3.26. The Morgan fingerprint density at radius 2 is 1.81 bits per heavy atom. The van der Waals surface area contributed by atoms with Crippen molar-refractivity contribution in [1.82, 2.24) is 9.97 Å². The standard InChI is InChI=1S/C21H21ClN4O/c22-14-7-8-19-15(13-14)16(9-12-27-19)23-20-21(26-10-3-4-11-26)25-18-6-2-1-5-17(18)24-20/h1-2,5-8,13,16H,3-4,9-12H2,(H,23,24). The summed E-state index contributed by atoms with van der Waals surface area (Å²) >= 11 is 6.24. The van der Waals surface area contributed by atoms with Gasteiger partial charge in [0.05, 0.1) is 23.7 Å². The van der Waals surface area contributed by atoms with Crippen molar-refractivity contribution < 1.29 is 4.74 Å². The summed E-state index contributed by atoms with van der Waals surface area (Å²) in [6.45, 7) is 2.72. The van der Waals surface area contributed by atoms with Crippen molar-refractivity contribution >= 4 is 34.3 Å². The van der Waals surface area contributed by atoms with E-state index in [0.29, 0.717) is 6.61 Å². The first-order valence-electron chi connectivity index (χ1n) is 9.48. The largest absolute Gasteiger partial charge is 0.493 e. The highest BCUT2D eigenvalue weighted by Crippen LogP contribution is 2.38. The maximum Gasteiger partial charge on any atom is 0.172 e. The van der Waals surface area contributed by atoms with Crippen molar-refractivity contribution in [3.05, 3.63) is 53.1 Å². The van der Waals surface area contributed by atoms with Gasteiger partial charge in [0.15, 0.2) is 11.6 Å². The van der Waals surface area contributed by atoms with Gasteiger partial charge in [0.25, 0.3) is 0 Å². The van der Waals surface area contributed by atoms with Gasteiger partial charge in [-0.15, -0.1) is 0 Å². The molecular weight excluding hydrogens is 360 g/mol. The number of benzene rings is 2. The molecule has 5 rings (SSSR count). The summed E-state index contributed by atoms with van der Waals surface area (Å²) in [7, 11) is 0. The maximum atomic E-state index is 6.24. The molecule has 0 saturated carbocycles. The van der Waals surface area contributed by atoms with E-state index in [4.69, 9.17) is 26.3 Å². The molecule has 5 nitrogen and oxygen atoms in total. The third kappa shape index (κ3) is 3.16. The van der Waals surface area contributed by atoms with E-state index in [-0.39, 0.29) is 6.04 Å². The molecule has 6 heteroatoms. The summed E-state index contributed by atoms with van der Waals surface area (Å²) in [4.78, 5) is 12.2.